The van der Waals surface area contributed by atoms with Gasteiger partial charge in [0.25, 0.3) is 0 Å². The first-order chi connectivity index (χ1) is 8.11. The van der Waals surface area contributed by atoms with Crippen LogP contribution in [0.25, 0.3) is 11.1 Å². The number of aromatic nitrogens is 2. The van der Waals surface area contributed by atoms with Gasteiger partial charge in [0.1, 0.15) is 0 Å². The van der Waals surface area contributed by atoms with E-state index in [0.29, 0.717) is 5.56 Å². The molecule has 0 spiro atoms. The minimum absolute atomic E-state index is 0.299. The number of aryl methyl sites for hydroxylation is 2. The molecule has 0 fully saturated rings. The Morgan fingerprint density at radius 1 is 1.47 bits per heavy atom. The van der Waals surface area contributed by atoms with Crippen LogP contribution >= 0.6 is 0 Å². The van der Waals surface area contributed by atoms with E-state index in [2.05, 4.69) is 5.10 Å². The number of nitrogens with zero attached hydrogens (tertiary/aromatic N) is 2. The maximum Gasteiger partial charge on any atom is 0.335 e. The lowest BCUT2D eigenvalue weighted by atomic mass is 10.0. The highest BCUT2D eigenvalue weighted by atomic mass is 16.4. The molecule has 1 heterocycles. The number of carbonyl (C=O) groups is 1. The standard InChI is InChI=1S/C13H14N2O2/c1-3-12-11(8-15(2)14-12)9-5-4-6-10(7-9)13(16)17/h4-8H,3H2,1-2H3,(H,16,17). The van der Waals surface area contributed by atoms with Crippen LogP contribution in [0.1, 0.15) is 23.0 Å². The Kier molecular flexibility index (Phi) is 2.95. The second-order valence-electron chi connectivity index (χ2n) is 3.90. The molecule has 1 aromatic heterocycles. The van der Waals surface area contributed by atoms with Crippen LogP contribution in [0.3, 0.4) is 0 Å². The van der Waals surface area contributed by atoms with E-state index < -0.39 is 5.97 Å². The third-order valence-electron chi connectivity index (χ3n) is 2.66. The van der Waals surface area contributed by atoms with E-state index in [1.807, 2.05) is 26.2 Å². The third-order valence-corrected chi connectivity index (χ3v) is 2.66. The van der Waals surface area contributed by atoms with Crippen molar-refractivity contribution in [3.8, 4) is 11.1 Å². The minimum atomic E-state index is -0.909. The smallest absolute Gasteiger partial charge is 0.335 e. The van der Waals surface area contributed by atoms with Gasteiger partial charge in [-0.15, -0.1) is 0 Å². The van der Waals surface area contributed by atoms with Gasteiger partial charge in [-0.3, -0.25) is 4.68 Å². The van der Waals surface area contributed by atoms with E-state index in [9.17, 15) is 4.79 Å². The van der Waals surface area contributed by atoms with Crippen LogP contribution in [0.2, 0.25) is 0 Å². The molecular weight excluding hydrogens is 216 g/mol. The average molecular weight is 230 g/mol. The minimum Gasteiger partial charge on any atom is -0.478 e. The number of hydrogen-bond donors (Lipinski definition) is 1. The van der Waals surface area contributed by atoms with E-state index in [1.165, 1.54) is 0 Å². The highest BCUT2D eigenvalue weighted by Gasteiger charge is 2.10. The second kappa shape index (κ2) is 4.41. The van der Waals surface area contributed by atoms with Gasteiger partial charge in [0.05, 0.1) is 11.3 Å². The summed E-state index contributed by atoms with van der Waals surface area (Å²) in [4.78, 5) is 10.9. The molecule has 0 aliphatic carbocycles. The molecule has 1 aromatic carbocycles. The number of rotatable bonds is 3. The van der Waals surface area contributed by atoms with Crippen molar-refractivity contribution in [3.63, 3.8) is 0 Å². The van der Waals surface area contributed by atoms with Gasteiger partial charge in [-0.1, -0.05) is 19.1 Å². The van der Waals surface area contributed by atoms with Gasteiger partial charge in [0, 0.05) is 18.8 Å². The van der Waals surface area contributed by atoms with Crippen LogP contribution in [-0.2, 0) is 13.5 Å². The zero-order chi connectivity index (χ0) is 12.4. The number of hydrogen-bond acceptors (Lipinski definition) is 2. The molecule has 0 bridgehead atoms. The Hall–Kier alpha value is -2.10. The van der Waals surface area contributed by atoms with Crippen molar-refractivity contribution in [2.75, 3.05) is 0 Å². The van der Waals surface area contributed by atoms with Crippen LogP contribution in [0, 0.1) is 0 Å². The molecular formula is C13H14N2O2. The van der Waals surface area contributed by atoms with Crippen molar-refractivity contribution in [1.29, 1.82) is 0 Å². The zero-order valence-corrected chi connectivity index (χ0v) is 9.84. The molecule has 4 nitrogen and oxygen atoms in total. The van der Waals surface area contributed by atoms with Crippen LogP contribution in [-0.4, -0.2) is 20.9 Å². The monoisotopic (exact) mass is 230 g/mol. The summed E-state index contributed by atoms with van der Waals surface area (Å²) in [5.74, 6) is -0.909. The average Bonchev–Trinajstić information content (AvgIpc) is 2.70. The molecule has 0 atom stereocenters. The molecule has 88 valence electrons. The lowest BCUT2D eigenvalue weighted by Crippen LogP contribution is -1.96. The SMILES string of the molecule is CCc1nn(C)cc1-c1cccc(C(=O)O)c1. The molecule has 0 amide bonds. The summed E-state index contributed by atoms with van der Waals surface area (Å²) >= 11 is 0. The number of benzene rings is 1. The van der Waals surface area contributed by atoms with Crippen molar-refractivity contribution in [2.45, 2.75) is 13.3 Å². The first-order valence-electron chi connectivity index (χ1n) is 5.48. The summed E-state index contributed by atoms with van der Waals surface area (Å²) < 4.78 is 1.75. The Labute approximate surface area is 99.5 Å². The molecule has 0 aliphatic heterocycles. The Morgan fingerprint density at radius 3 is 2.88 bits per heavy atom. The van der Waals surface area contributed by atoms with Gasteiger partial charge in [-0.05, 0) is 24.1 Å². The quantitative estimate of drug-likeness (QED) is 0.880. The lowest BCUT2D eigenvalue weighted by Gasteiger charge is -2.01. The van der Waals surface area contributed by atoms with E-state index >= 15 is 0 Å². The Morgan fingerprint density at radius 2 is 2.24 bits per heavy atom. The van der Waals surface area contributed by atoms with E-state index in [0.717, 1.165) is 23.2 Å². The van der Waals surface area contributed by atoms with Crippen LogP contribution in [0.15, 0.2) is 30.5 Å². The van der Waals surface area contributed by atoms with Gasteiger partial charge in [-0.25, -0.2) is 4.79 Å². The normalized spacial score (nSPS) is 10.5. The fourth-order valence-electron chi connectivity index (χ4n) is 1.86. The molecule has 17 heavy (non-hydrogen) atoms. The Bertz CT molecular complexity index is 558. The summed E-state index contributed by atoms with van der Waals surface area (Å²) in [5.41, 5.74) is 3.18. The van der Waals surface area contributed by atoms with Gasteiger partial charge in [0.15, 0.2) is 0 Å². The van der Waals surface area contributed by atoms with Crippen molar-refractivity contribution in [3.05, 3.63) is 41.7 Å². The first-order valence-corrected chi connectivity index (χ1v) is 5.48. The largest absolute Gasteiger partial charge is 0.478 e. The van der Waals surface area contributed by atoms with Crippen LogP contribution in [0.4, 0.5) is 0 Å². The third kappa shape index (κ3) is 2.20. The number of carboxylic acid groups (broad SMARTS) is 1. The highest BCUT2D eigenvalue weighted by molar-refractivity contribution is 5.89. The van der Waals surface area contributed by atoms with Gasteiger partial charge >= 0.3 is 5.97 Å². The lowest BCUT2D eigenvalue weighted by molar-refractivity contribution is 0.0697. The number of carboxylic acids is 1. The molecule has 1 N–H and O–H groups in total. The van der Waals surface area contributed by atoms with Crippen molar-refractivity contribution < 1.29 is 9.90 Å². The fraction of sp³-hybridized carbons (Fsp3) is 0.231. The van der Waals surface area contributed by atoms with Gasteiger partial charge in [0.2, 0.25) is 0 Å². The summed E-state index contributed by atoms with van der Waals surface area (Å²) in [6, 6.07) is 6.93. The summed E-state index contributed by atoms with van der Waals surface area (Å²) in [5, 5.41) is 13.3. The van der Waals surface area contributed by atoms with Gasteiger partial charge < -0.3 is 5.11 Å². The van der Waals surface area contributed by atoms with Crippen LogP contribution < -0.4 is 0 Å². The van der Waals surface area contributed by atoms with E-state index in [-0.39, 0.29) is 0 Å². The summed E-state index contributed by atoms with van der Waals surface area (Å²) in [7, 11) is 1.86. The molecule has 2 aromatic rings. The highest BCUT2D eigenvalue weighted by Crippen LogP contribution is 2.24. The molecule has 0 saturated heterocycles. The molecule has 0 unspecified atom stereocenters. The predicted molar refractivity (Wildman–Crippen MR) is 65.0 cm³/mol. The van der Waals surface area contributed by atoms with Crippen molar-refractivity contribution in [2.24, 2.45) is 7.05 Å². The molecule has 0 saturated carbocycles. The van der Waals surface area contributed by atoms with E-state index in [4.69, 9.17) is 5.11 Å². The topological polar surface area (TPSA) is 55.1 Å². The number of aromatic carboxylic acids is 1. The first kappa shape index (κ1) is 11.4. The van der Waals surface area contributed by atoms with E-state index in [1.54, 1.807) is 22.9 Å². The van der Waals surface area contributed by atoms with Crippen molar-refractivity contribution in [1.82, 2.24) is 9.78 Å². The maximum atomic E-state index is 10.9. The molecule has 4 heteroatoms. The van der Waals surface area contributed by atoms with Crippen LogP contribution in [0.5, 0.6) is 0 Å². The second-order valence-corrected chi connectivity index (χ2v) is 3.90. The molecule has 0 radical (unpaired) electrons. The fourth-order valence-corrected chi connectivity index (χ4v) is 1.86. The Balaban J connectivity index is 2.52. The summed E-state index contributed by atoms with van der Waals surface area (Å²) in [6.45, 7) is 2.03. The zero-order valence-electron chi connectivity index (χ0n) is 9.84. The van der Waals surface area contributed by atoms with Gasteiger partial charge in [-0.2, -0.15) is 5.10 Å². The maximum absolute atomic E-state index is 10.9. The van der Waals surface area contributed by atoms with Crippen molar-refractivity contribution >= 4 is 5.97 Å². The molecule has 0 aliphatic rings. The predicted octanol–water partition coefficient (Wildman–Crippen LogP) is 2.35. The molecule has 2 rings (SSSR count). The summed E-state index contributed by atoms with van der Waals surface area (Å²) in [6.07, 6.45) is 2.74.